The third kappa shape index (κ3) is 5.64. The molecule has 0 aliphatic carbocycles. The van der Waals surface area contributed by atoms with Crippen LogP contribution in [-0.2, 0) is 0 Å². The van der Waals surface area contributed by atoms with E-state index in [-0.39, 0.29) is 5.91 Å². The van der Waals surface area contributed by atoms with Crippen LogP contribution in [0, 0.1) is 0 Å². The molecule has 0 unspecified atom stereocenters. The summed E-state index contributed by atoms with van der Waals surface area (Å²) in [6.45, 7) is 1.43. The standard InChI is InChI=1S/C17H16BrClN6OS/c18-22-8-7-21-17-25-15(10-27-17)16(26)24-13-5-6-20-9-14(13)23-12-3-1-11(19)2-4-12/h1-6,9-10,22-23H,7-8H2,(H,21,25)(H,20,24,26). The zero-order valence-electron chi connectivity index (χ0n) is 14.0. The molecular weight excluding hydrogens is 452 g/mol. The van der Waals surface area contributed by atoms with Gasteiger partial charge in [-0.2, -0.15) is 0 Å². The smallest absolute Gasteiger partial charge is 0.275 e. The summed E-state index contributed by atoms with van der Waals surface area (Å²) in [4.78, 5) is 20.9. The van der Waals surface area contributed by atoms with Crippen LogP contribution >= 0.6 is 39.1 Å². The van der Waals surface area contributed by atoms with Crippen molar-refractivity contribution in [3.63, 3.8) is 0 Å². The van der Waals surface area contributed by atoms with Gasteiger partial charge >= 0.3 is 0 Å². The van der Waals surface area contributed by atoms with Crippen molar-refractivity contribution in [3.05, 3.63) is 58.8 Å². The van der Waals surface area contributed by atoms with E-state index in [0.29, 0.717) is 33.8 Å². The summed E-state index contributed by atoms with van der Waals surface area (Å²) < 4.78 is 2.86. The highest BCUT2D eigenvalue weighted by atomic mass is 79.9. The van der Waals surface area contributed by atoms with Crippen LogP contribution in [0.25, 0.3) is 0 Å². The van der Waals surface area contributed by atoms with Gasteiger partial charge < -0.3 is 16.0 Å². The average molecular weight is 468 g/mol. The molecule has 0 saturated carbocycles. The number of hydrogen-bond acceptors (Lipinski definition) is 7. The summed E-state index contributed by atoms with van der Waals surface area (Å²) in [5, 5.41) is 12.3. The van der Waals surface area contributed by atoms with E-state index < -0.39 is 0 Å². The molecule has 0 fully saturated rings. The third-order valence-electron chi connectivity index (χ3n) is 3.43. The zero-order valence-corrected chi connectivity index (χ0v) is 17.2. The average Bonchev–Trinajstić information content (AvgIpc) is 3.14. The molecule has 3 aromatic rings. The molecule has 0 spiro atoms. The monoisotopic (exact) mass is 466 g/mol. The van der Waals surface area contributed by atoms with E-state index in [9.17, 15) is 4.79 Å². The molecule has 140 valence electrons. The second-order valence-corrected chi connectivity index (χ2v) is 7.21. The maximum Gasteiger partial charge on any atom is 0.275 e. The first-order chi connectivity index (χ1) is 13.2. The van der Waals surface area contributed by atoms with E-state index in [2.05, 4.69) is 46.4 Å². The molecule has 0 saturated heterocycles. The number of rotatable bonds is 8. The van der Waals surface area contributed by atoms with Crippen molar-refractivity contribution in [1.29, 1.82) is 0 Å². The van der Waals surface area contributed by atoms with Gasteiger partial charge in [0, 0.05) is 51.5 Å². The minimum absolute atomic E-state index is 0.289. The van der Waals surface area contributed by atoms with Crippen molar-refractivity contribution in [1.82, 2.24) is 14.3 Å². The first-order valence-electron chi connectivity index (χ1n) is 7.96. The normalized spacial score (nSPS) is 10.4. The van der Waals surface area contributed by atoms with Crippen molar-refractivity contribution in [3.8, 4) is 0 Å². The van der Waals surface area contributed by atoms with Crippen LogP contribution in [0.3, 0.4) is 0 Å². The van der Waals surface area contributed by atoms with Crippen LogP contribution < -0.4 is 20.3 Å². The molecule has 7 nitrogen and oxygen atoms in total. The maximum absolute atomic E-state index is 12.5. The Labute approximate surface area is 173 Å². The van der Waals surface area contributed by atoms with Gasteiger partial charge in [0.2, 0.25) is 0 Å². The number of halogens is 2. The van der Waals surface area contributed by atoms with Crippen molar-refractivity contribution in [2.75, 3.05) is 29.0 Å². The quantitative estimate of drug-likeness (QED) is 0.288. The van der Waals surface area contributed by atoms with Gasteiger partial charge in [-0.25, -0.2) is 4.98 Å². The third-order valence-corrected chi connectivity index (χ3v) is 4.87. The summed E-state index contributed by atoms with van der Waals surface area (Å²) in [7, 11) is 0. The topological polar surface area (TPSA) is 91.0 Å². The molecule has 10 heteroatoms. The van der Waals surface area contributed by atoms with Gasteiger partial charge in [-0.05, 0) is 30.3 Å². The molecule has 1 aromatic carbocycles. The van der Waals surface area contributed by atoms with E-state index in [4.69, 9.17) is 11.6 Å². The van der Waals surface area contributed by atoms with Crippen molar-refractivity contribution < 1.29 is 4.79 Å². The van der Waals surface area contributed by atoms with Gasteiger partial charge in [0.1, 0.15) is 5.69 Å². The SMILES string of the molecule is O=C(Nc1ccncc1Nc1ccc(Cl)cc1)c1csc(NCCNBr)n1. The number of benzene rings is 1. The summed E-state index contributed by atoms with van der Waals surface area (Å²) in [5.74, 6) is -0.289. The van der Waals surface area contributed by atoms with E-state index in [0.717, 1.165) is 12.2 Å². The Morgan fingerprint density at radius 3 is 2.74 bits per heavy atom. The second-order valence-electron chi connectivity index (χ2n) is 5.36. The van der Waals surface area contributed by atoms with Crippen LogP contribution in [0.2, 0.25) is 5.02 Å². The van der Waals surface area contributed by atoms with Gasteiger partial charge in [0.05, 0.1) is 17.6 Å². The zero-order chi connectivity index (χ0) is 19.1. The van der Waals surface area contributed by atoms with Crippen LogP contribution in [0.15, 0.2) is 48.1 Å². The van der Waals surface area contributed by atoms with Gasteiger partial charge in [0.15, 0.2) is 5.13 Å². The molecule has 3 rings (SSSR count). The second kappa shape index (κ2) is 9.65. The molecule has 0 bridgehead atoms. The number of carbonyl (C=O) groups excluding carboxylic acids is 1. The molecule has 4 N–H and O–H groups in total. The van der Waals surface area contributed by atoms with Gasteiger partial charge in [-0.1, -0.05) is 11.6 Å². The van der Waals surface area contributed by atoms with Crippen LogP contribution in [0.4, 0.5) is 22.2 Å². The van der Waals surface area contributed by atoms with Gasteiger partial charge in [-0.15, -0.1) is 11.3 Å². The number of aromatic nitrogens is 2. The lowest BCUT2D eigenvalue weighted by Gasteiger charge is -2.12. The van der Waals surface area contributed by atoms with Crippen molar-refractivity contribution >= 4 is 67.2 Å². The molecule has 0 atom stereocenters. The maximum atomic E-state index is 12.5. The molecule has 2 heterocycles. The van der Waals surface area contributed by atoms with Crippen molar-refractivity contribution in [2.24, 2.45) is 0 Å². The minimum Gasteiger partial charge on any atom is -0.360 e. The lowest BCUT2D eigenvalue weighted by molar-refractivity contribution is 0.102. The highest BCUT2D eigenvalue weighted by molar-refractivity contribution is 9.08. The Hall–Kier alpha value is -2.20. The highest BCUT2D eigenvalue weighted by Gasteiger charge is 2.13. The first kappa shape index (κ1) is 19.6. The predicted octanol–water partition coefficient (Wildman–Crippen LogP) is 4.50. The molecule has 1 amide bonds. The summed E-state index contributed by atoms with van der Waals surface area (Å²) in [6.07, 6.45) is 3.26. The Morgan fingerprint density at radius 1 is 1.15 bits per heavy atom. The summed E-state index contributed by atoms with van der Waals surface area (Å²) >= 11 is 10.4. The predicted molar refractivity (Wildman–Crippen MR) is 114 cm³/mol. The minimum atomic E-state index is -0.289. The van der Waals surface area contributed by atoms with Crippen LogP contribution in [-0.4, -0.2) is 29.0 Å². The number of anilines is 4. The Morgan fingerprint density at radius 2 is 1.96 bits per heavy atom. The number of hydrogen-bond donors (Lipinski definition) is 4. The number of amides is 1. The number of carbonyl (C=O) groups is 1. The van der Waals surface area contributed by atoms with Crippen LogP contribution in [0.5, 0.6) is 0 Å². The summed E-state index contributed by atoms with van der Waals surface area (Å²) in [6, 6.07) is 8.99. The fraction of sp³-hybridized carbons (Fsp3) is 0.118. The van der Waals surface area contributed by atoms with E-state index >= 15 is 0 Å². The van der Waals surface area contributed by atoms with Crippen LogP contribution in [0.1, 0.15) is 10.5 Å². The van der Waals surface area contributed by atoms with E-state index in [1.807, 2.05) is 12.1 Å². The Bertz CT molecular complexity index is 904. The number of nitrogens with zero attached hydrogens (tertiary/aromatic N) is 2. The van der Waals surface area contributed by atoms with E-state index in [1.165, 1.54) is 11.3 Å². The summed E-state index contributed by atoms with van der Waals surface area (Å²) in [5.41, 5.74) is 2.47. The fourth-order valence-electron chi connectivity index (χ4n) is 2.15. The molecule has 0 aliphatic rings. The number of pyridine rings is 1. The first-order valence-corrected chi connectivity index (χ1v) is 10.0. The molecule has 0 radical (unpaired) electrons. The number of thiazole rings is 1. The lowest BCUT2D eigenvalue weighted by Crippen LogP contribution is -2.15. The Kier molecular flexibility index (Phi) is 6.99. The van der Waals surface area contributed by atoms with Crippen molar-refractivity contribution in [2.45, 2.75) is 0 Å². The number of nitrogens with one attached hydrogen (secondary N) is 4. The molecular formula is C17H16BrClN6OS. The Balaban J connectivity index is 1.68. The lowest BCUT2D eigenvalue weighted by atomic mass is 10.2. The van der Waals surface area contributed by atoms with Gasteiger partial charge in [0.25, 0.3) is 5.91 Å². The fourth-order valence-corrected chi connectivity index (χ4v) is 3.20. The molecule has 0 aliphatic heterocycles. The largest absolute Gasteiger partial charge is 0.360 e. The highest BCUT2D eigenvalue weighted by Crippen LogP contribution is 2.26. The molecule has 27 heavy (non-hydrogen) atoms. The molecule has 2 aromatic heterocycles. The van der Waals surface area contributed by atoms with Gasteiger partial charge in [-0.3, -0.25) is 14.1 Å². The van der Waals surface area contributed by atoms with E-state index in [1.54, 1.807) is 36.0 Å².